The average molecular weight is 549 g/mol. The monoisotopic (exact) mass is 549 g/mol. The summed E-state index contributed by atoms with van der Waals surface area (Å²) in [5.41, 5.74) is -6.97. The Kier molecular flexibility index (Phi) is 8.12. The van der Waals surface area contributed by atoms with Gasteiger partial charge in [-0.25, -0.2) is 19.0 Å². The van der Waals surface area contributed by atoms with Crippen LogP contribution in [0, 0.1) is 17.5 Å². The molecule has 0 aliphatic carbocycles. The maximum Gasteiger partial charge on any atom is 0.416 e. The molecule has 7 nitrogen and oxygen atoms in total. The largest absolute Gasteiger partial charge is 0.487 e. The molecule has 38 heavy (non-hydrogen) atoms. The van der Waals surface area contributed by atoms with Gasteiger partial charge in [0.25, 0.3) is 0 Å². The van der Waals surface area contributed by atoms with E-state index in [2.05, 4.69) is 10.1 Å². The fourth-order valence-electron chi connectivity index (χ4n) is 3.43. The summed E-state index contributed by atoms with van der Waals surface area (Å²) in [5.74, 6) is 2.12. The molecule has 2 aromatic carbocycles. The number of nitrogens with zero attached hydrogens (tertiary/aromatic N) is 3. The number of aromatic nitrogens is 1. The third kappa shape index (κ3) is 5.94. The Morgan fingerprint density at radius 3 is 2.24 bits per heavy atom. The summed E-state index contributed by atoms with van der Waals surface area (Å²) >= 11 is 0. The molecule has 3 rings (SSSR count). The summed E-state index contributed by atoms with van der Waals surface area (Å²) in [6.45, 7) is -1.73. The molecule has 1 atom stereocenters. The van der Waals surface area contributed by atoms with E-state index in [4.69, 9.17) is 16.4 Å². The highest BCUT2D eigenvalue weighted by Gasteiger charge is 2.58. The van der Waals surface area contributed by atoms with Gasteiger partial charge in [0, 0.05) is 17.2 Å². The first-order chi connectivity index (χ1) is 17.7. The third-order valence-corrected chi connectivity index (χ3v) is 5.36. The Balaban J connectivity index is 1.88. The number of nitrogens with two attached hydrogens (primary N) is 2. The van der Waals surface area contributed by atoms with Crippen molar-refractivity contribution in [1.29, 1.82) is 0 Å². The molecule has 0 amide bonds. The third-order valence-electron chi connectivity index (χ3n) is 5.36. The number of hydrazone groups is 1. The molecule has 204 valence electrons. The minimum absolute atomic E-state index is 0.184. The maximum atomic E-state index is 15.6. The number of hydrogen-bond donors (Lipinski definition) is 3. The highest BCUT2D eigenvalue weighted by atomic mass is 19.4. The molecule has 0 aliphatic heterocycles. The molecule has 0 saturated carbocycles. The van der Waals surface area contributed by atoms with Crippen LogP contribution in [0.5, 0.6) is 5.75 Å². The highest BCUT2D eigenvalue weighted by molar-refractivity contribution is 5.53. The first kappa shape index (κ1) is 28.6. The van der Waals surface area contributed by atoms with E-state index in [0.29, 0.717) is 41.7 Å². The van der Waals surface area contributed by atoms with Gasteiger partial charge in [-0.1, -0.05) is 6.07 Å². The van der Waals surface area contributed by atoms with Crippen molar-refractivity contribution in [2.45, 2.75) is 24.3 Å². The standard InChI is InChI=1S/C23H19F8N5O2/c24-15-3-5-17(19(26)8-15)21(37,11-36(33)12-35-32)22(27,28)20-6-4-16(9-34-20)38-10-13-1-2-14(7-18(13)25)23(29,30)31/h1-9,12,37H,10-11,32-33H2/b35-12-. The van der Waals surface area contributed by atoms with Gasteiger partial charge in [0.15, 0.2) is 5.60 Å². The van der Waals surface area contributed by atoms with Crippen molar-refractivity contribution in [3.05, 3.63) is 94.6 Å². The Hall–Kier alpha value is -3.98. The van der Waals surface area contributed by atoms with Crippen LogP contribution in [0.1, 0.15) is 22.4 Å². The molecule has 0 spiro atoms. The number of rotatable bonds is 9. The lowest BCUT2D eigenvalue weighted by Gasteiger charge is -2.37. The van der Waals surface area contributed by atoms with Gasteiger partial charge >= 0.3 is 12.1 Å². The lowest BCUT2D eigenvalue weighted by molar-refractivity contribution is -0.203. The molecule has 1 unspecified atom stereocenters. The van der Waals surface area contributed by atoms with Crippen LogP contribution in [0.2, 0.25) is 0 Å². The molecular formula is C23H19F8N5O2. The molecule has 0 bridgehead atoms. The van der Waals surface area contributed by atoms with Crippen LogP contribution < -0.4 is 16.4 Å². The van der Waals surface area contributed by atoms with Crippen molar-refractivity contribution in [3.8, 4) is 5.75 Å². The zero-order valence-electron chi connectivity index (χ0n) is 19.1. The molecule has 0 aliphatic rings. The van der Waals surface area contributed by atoms with E-state index in [1.165, 1.54) is 0 Å². The van der Waals surface area contributed by atoms with Crippen molar-refractivity contribution < 1.29 is 45.0 Å². The van der Waals surface area contributed by atoms with Crippen LogP contribution >= 0.6 is 0 Å². The number of alkyl halides is 5. The minimum Gasteiger partial charge on any atom is -0.487 e. The maximum absolute atomic E-state index is 15.6. The Morgan fingerprint density at radius 1 is 0.974 bits per heavy atom. The molecule has 1 heterocycles. The smallest absolute Gasteiger partial charge is 0.416 e. The zero-order valence-corrected chi connectivity index (χ0v) is 19.1. The van der Waals surface area contributed by atoms with Gasteiger partial charge in [0.2, 0.25) is 0 Å². The fraction of sp³-hybridized carbons (Fsp3) is 0.217. The van der Waals surface area contributed by atoms with Gasteiger partial charge in [-0.05, 0) is 36.4 Å². The second kappa shape index (κ2) is 10.8. The molecule has 5 N–H and O–H groups in total. The van der Waals surface area contributed by atoms with E-state index in [-0.39, 0.29) is 17.4 Å². The number of aliphatic hydroxyl groups is 1. The first-order valence-electron chi connectivity index (χ1n) is 10.4. The van der Waals surface area contributed by atoms with Crippen molar-refractivity contribution in [1.82, 2.24) is 9.99 Å². The quantitative estimate of drug-likeness (QED) is 0.122. The number of ether oxygens (including phenoxy) is 1. The topological polar surface area (TPSA) is 110 Å². The van der Waals surface area contributed by atoms with E-state index < -0.39 is 65.1 Å². The van der Waals surface area contributed by atoms with Crippen LogP contribution in [0.15, 0.2) is 59.8 Å². The van der Waals surface area contributed by atoms with Gasteiger partial charge in [-0.3, -0.25) is 9.99 Å². The van der Waals surface area contributed by atoms with Crippen molar-refractivity contribution in [2.24, 2.45) is 16.8 Å². The summed E-state index contributed by atoms with van der Waals surface area (Å²) in [5, 5.41) is 14.5. The van der Waals surface area contributed by atoms with Crippen molar-refractivity contribution >= 4 is 6.34 Å². The molecule has 0 saturated heterocycles. The summed E-state index contributed by atoms with van der Waals surface area (Å²) in [4.78, 5) is 3.53. The second-order valence-corrected chi connectivity index (χ2v) is 7.97. The van der Waals surface area contributed by atoms with E-state index in [9.17, 15) is 31.4 Å². The number of halogens is 8. The van der Waals surface area contributed by atoms with Crippen LogP contribution in [0.4, 0.5) is 35.1 Å². The summed E-state index contributed by atoms with van der Waals surface area (Å²) in [6.07, 6.45) is -3.30. The van der Waals surface area contributed by atoms with E-state index in [1.807, 2.05) is 0 Å². The van der Waals surface area contributed by atoms with E-state index >= 15 is 8.78 Å². The SMILES string of the molecule is N/N=C\N(N)CC(O)(c1ccc(F)cc1F)C(F)(F)c1ccc(OCc2ccc(C(F)(F)F)cc2F)cn1. The molecule has 3 aromatic rings. The Bertz CT molecular complexity index is 1300. The van der Waals surface area contributed by atoms with Crippen LogP contribution in [-0.2, 0) is 24.3 Å². The number of benzene rings is 2. The minimum atomic E-state index is -4.75. The predicted octanol–water partition coefficient (Wildman–Crippen LogP) is 4.15. The molecular weight excluding hydrogens is 530 g/mol. The lowest BCUT2D eigenvalue weighted by atomic mass is 9.84. The van der Waals surface area contributed by atoms with E-state index in [0.717, 1.165) is 18.3 Å². The molecule has 15 heteroatoms. The number of hydrazine groups is 1. The van der Waals surface area contributed by atoms with Crippen LogP contribution in [-0.4, -0.2) is 28.0 Å². The molecule has 0 radical (unpaired) electrons. The average Bonchev–Trinajstić information content (AvgIpc) is 2.82. The van der Waals surface area contributed by atoms with Gasteiger partial charge in [0.05, 0.1) is 18.3 Å². The summed E-state index contributed by atoms with van der Waals surface area (Å²) in [7, 11) is 0. The Morgan fingerprint density at radius 2 is 1.68 bits per heavy atom. The Labute approximate surface area is 209 Å². The predicted molar refractivity (Wildman–Crippen MR) is 118 cm³/mol. The summed E-state index contributed by atoms with van der Waals surface area (Å²) < 4.78 is 116. The highest BCUT2D eigenvalue weighted by Crippen LogP contribution is 2.46. The van der Waals surface area contributed by atoms with Gasteiger partial charge in [0.1, 0.15) is 41.8 Å². The van der Waals surface area contributed by atoms with Crippen LogP contribution in [0.25, 0.3) is 0 Å². The second-order valence-electron chi connectivity index (χ2n) is 7.97. The fourth-order valence-corrected chi connectivity index (χ4v) is 3.43. The van der Waals surface area contributed by atoms with E-state index in [1.54, 1.807) is 0 Å². The molecule has 1 aromatic heterocycles. The number of pyridine rings is 1. The van der Waals surface area contributed by atoms with Gasteiger partial charge in [-0.2, -0.15) is 27.1 Å². The zero-order chi connectivity index (χ0) is 28.3. The van der Waals surface area contributed by atoms with Crippen molar-refractivity contribution in [2.75, 3.05) is 6.54 Å². The lowest BCUT2D eigenvalue weighted by Crippen LogP contribution is -2.53. The van der Waals surface area contributed by atoms with Crippen molar-refractivity contribution in [3.63, 3.8) is 0 Å². The number of hydrogen-bond acceptors (Lipinski definition) is 6. The molecule has 0 fully saturated rings. The van der Waals surface area contributed by atoms with Gasteiger partial charge in [-0.15, -0.1) is 0 Å². The first-order valence-corrected chi connectivity index (χ1v) is 10.4. The van der Waals surface area contributed by atoms with Gasteiger partial charge < -0.3 is 15.7 Å². The van der Waals surface area contributed by atoms with Crippen LogP contribution in [0.3, 0.4) is 0 Å². The normalized spacial score (nSPS) is 13.9. The summed E-state index contributed by atoms with van der Waals surface area (Å²) in [6, 6.07) is 5.02.